The predicted molar refractivity (Wildman–Crippen MR) is 144 cm³/mol. The summed E-state index contributed by atoms with van der Waals surface area (Å²) < 4.78 is 16.1. The van der Waals surface area contributed by atoms with Crippen molar-refractivity contribution >= 4 is 29.2 Å². The minimum atomic E-state index is -0.609. The average molecular weight is 542 g/mol. The van der Waals surface area contributed by atoms with Crippen molar-refractivity contribution in [1.29, 1.82) is 0 Å². The lowest BCUT2D eigenvalue weighted by atomic mass is 10.1. The third-order valence-electron chi connectivity index (χ3n) is 5.80. The van der Waals surface area contributed by atoms with Gasteiger partial charge in [-0.25, -0.2) is 19.0 Å². The molecule has 0 saturated carbocycles. The van der Waals surface area contributed by atoms with Crippen LogP contribution in [0.4, 0.5) is 10.2 Å². The molecule has 5 rings (SSSR count). The van der Waals surface area contributed by atoms with Crippen molar-refractivity contribution < 1.29 is 14.0 Å². The van der Waals surface area contributed by atoms with E-state index in [0.717, 1.165) is 6.07 Å². The topological polar surface area (TPSA) is 106 Å². The van der Waals surface area contributed by atoms with E-state index in [1.54, 1.807) is 61.8 Å². The Morgan fingerprint density at radius 2 is 1.79 bits per heavy atom. The van der Waals surface area contributed by atoms with Crippen molar-refractivity contribution in [2.75, 3.05) is 12.4 Å². The molecule has 0 unspecified atom stereocenters. The number of amides is 2. The fraction of sp³-hybridized carbons (Fsp3) is 0.0714. The maximum atomic E-state index is 14.7. The molecule has 0 aliphatic carbocycles. The van der Waals surface area contributed by atoms with Crippen molar-refractivity contribution in [2.45, 2.75) is 6.54 Å². The van der Waals surface area contributed by atoms with Gasteiger partial charge in [-0.15, -0.1) is 0 Å². The first-order valence-corrected chi connectivity index (χ1v) is 12.2. The highest BCUT2D eigenvalue weighted by Gasteiger charge is 2.22. The van der Waals surface area contributed by atoms with Crippen LogP contribution in [0.5, 0.6) is 0 Å². The Morgan fingerprint density at radius 3 is 2.51 bits per heavy atom. The fourth-order valence-corrected chi connectivity index (χ4v) is 4.12. The summed E-state index contributed by atoms with van der Waals surface area (Å²) in [5, 5.41) is 7.16. The van der Waals surface area contributed by atoms with E-state index < -0.39 is 11.7 Å². The molecule has 0 spiro atoms. The van der Waals surface area contributed by atoms with E-state index in [1.807, 2.05) is 6.07 Å². The molecule has 0 fully saturated rings. The van der Waals surface area contributed by atoms with E-state index in [0.29, 0.717) is 17.1 Å². The highest BCUT2D eigenvalue weighted by atomic mass is 35.5. The first-order valence-electron chi connectivity index (χ1n) is 11.8. The average Bonchev–Trinajstić information content (AvgIpc) is 3.37. The van der Waals surface area contributed by atoms with Crippen LogP contribution in [0.3, 0.4) is 0 Å². The molecule has 2 amide bonds. The van der Waals surface area contributed by atoms with E-state index >= 15 is 0 Å². The molecule has 0 atom stereocenters. The van der Waals surface area contributed by atoms with Gasteiger partial charge >= 0.3 is 0 Å². The zero-order valence-electron chi connectivity index (χ0n) is 20.6. The van der Waals surface area contributed by atoms with Crippen molar-refractivity contribution in [3.05, 3.63) is 119 Å². The molecule has 0 saturated heterocycles. The molecule has 9 nitrogen and oxygen atoms in total. The van der Waals surface area contributed by atoms with E-state index in [2.05, 4.69) is 25.4 Å². The number of hydrogen-bond donors (Lipinski definition) is 1. The number of nitrogens with zero attached hydrogens (tertiary/aromatic N) is 6. The Balaban J connectivity index is 1.47. The van der Waals surface area contributed by atoms with Crippen molar-refractivity contribution in [3.8, 4) is 16.9 Å². The maximum Gasteiger partial charge on any atom is 0.274 e. The third-order valence-corrected chi connectivity index (χ3v) is 6.11. The smallest absolute Gasteiger partial charge is 0.274 e. The molecular weight excluding hydrogens is 521 g/mol. The summed E-state index contributed by atoms with van der Waals surface area (Å²) in [7, 11) is 1.63. The van der Waals surface area contributed by atoms with Crippen LogP contribution in [0.25, 0.3) is 16.9 Å². The van der Waals surface area contributed by atoms with Gasteiger partial charge in [0.25, 0.3) is 11.8 Å². The Bertz CT molecular complexity index is 1630. The molecule has 1 N–H and O–H groups in total. The highest BCUT2D eigenvalue weighted by Crippen LogP contribution is 2.28. The second-order valence-corrected chi connectivity index (χ2v) is 8.91. The quantitative estimate of drug-likeness (QED) is 0.309. The number of pyridine rings is 1. The fourth-order valence-electron chi connectivity index (χ4n) is 3.89. The number of carbonyl (C=O) groups is 2. The predicted octanol–water partition coefficient (Wildman–Crippen LogP) is 5.04. The summed E-state index contributed by atoms with van der Waals surface area (Å²) in [6.07, 6.45) is 4.53. The molecule has 2 aromatic carbocycles. The Kier molecular flexibility index (Phi) is 7.37. The van der Waals surface area contributed by atoms with E-state index in [1.165, 1.54) is 34.2 Å². The van der Waals surface area contributed by atoms with Gasteiger partial charge in [0.05, 0.1) is 34.2 Å². The van der Waals surface area contributed by atoms with Gasteiger partial charge in [0.1, 0.15) is 18.0 Å². The van der Waals surface area contributed by atoms with Gasteiger partial charge in [-0.1, -0.05) is 35.9 Å². The number of carbonyl (C=O) groups excluding carboxylic acids is 2. The standard InChI is InChI=1S/C28H21ClFN7O2/c1-36(16-18-10-12-31-17-33-18)28(39)25-15-26(37(35-25)19-7-3-2-4-8-19)34-27(38)20-13-21(23(30)14-22(20)29)24-9-5-6-11-32-24/h2-15,17H,16H2,1H3,(H,34,38). The van der Waals surface area contributed by atoms with Gasteiger partial charge < -0.3 is 10.2 Å². The minimum Gasteiger partial charge on any atom is -0.334 e. The number of aromatic nitrogens is 5. The second-order valence-electron chi connectivity index (χ2n) is 8.51. The molecule has 3 aromatic heterocycles. The normalized spacial score (nSPS) is 10.7. The van der Waals surface area contributed by atoms with Crippen molar-refractivity contribution in [2.24, 2.45) is 0 Å². The van der Waals surface area contributed by atoms with Crippen LogP contribution in [-0.2, 0) is 6.54 Å². The molecule has 5 aromatic rings. The lowest BCUT2D eigenvalue weighted by Crippen LogP contribution is -2.27. The number of halogens is 2. The minimum absolute atomic E-state index is 0.0355. The van der Waals surface area contributed by atoms with Gasteiger partial charge in [0.2, 0.25) is 0 Å². The second kappa shape index (κ2) is 11.2. The SMILES string of the molecule is CN(Cc1ccncn1)C(=O)c1cc(NC(=O)c2cc(-c3ccccn3)c(F)cc2Cl)n(-c2ccccc2)n1. The monoisotopic (exact) mass is 541 g/mol. The molecular formula is C28H21ClFN7O2. The van der Waals surface area contributed by atoms with Gasteiger partial charge in [0.15, 0.2) is 5.69 Å². The number of para-hydroxylation sites is 1. The largest absolute Gasteiger partial charge is 0.334 e. The van der Waals surface area contributed by atoms with Crippen LogP contribution < -0.4 is 5.32 Å². The Hall–Kier alpha value is -4.96. The van der Waals surface area contributed by atoms with Crippen LogP contribution in [-0.4, -0.2) is 48.5 Å². The van der Waals surface area contributed by atoms with E-state index in [-0.39, 0.29) is 40.1 Å². The summed E-state index contributed by atoms with van der Waals surface area (Å²) in [5.41, 5.74) is 1.90. The lowest BCUT2D eigenvalue weighted by Gasteiger charge is -2.14. The number of anilines is 1. The molecule has 0 radical (unpaired) electrons. The Morgan fingerprint density at radius 1 is 1.00 bits per heavy atom. The number of hydrogen-bond acceptors (Lipinski definition) is 6. The summed E-state index contributed by atoms with van der Waals surface area (Å²) in [6.45, 7) is 0.239. The van der Waals surface area contributed by atoms with Crippen LogP contribution in [0.2, 0.25) is 5.02 Å². The van der Waals surface area contributed by atoms with Crippen molar-refractivity contribution in [3.63, 3.8) is 0 Å². The zero-order valence-corrected chi connectivity index (χ0v) is 21.4. The summed E-state index contributed by atoms with van der Waals surface area (Å²) in [6, 6.07) is 19.7. The summed E-state index contributed by atoms with van der Waals surface area (Å²) >= 11 is 6.27. The third kappa shape index (κ3) is 5.65. The van der Waals surface area contributed by atoms with Gasteiger partial charge in [-0.3, -0.25) is 14.6 Å². The van der Waals surface area contributed by atoms with Crippen LogP contribution in [0.1, 0.15) is 26.5 Å². The lowest BCUT2D eigenvalue weighted by molar-refractivity contribution is 0.0777. The van der Waals surface area contributed by atoms with Crippen LogP contribution in [0, 0.1) is 5.82 Å². The summed E-state index contributed by atoms with van der Waals surface area (Å²) in [4.78, 5) is 40.3. The van der Waals surface area contributed by atoms with Gasteiger partial charge in [0, 0.05) is 31.1 Å². The van der Waals surface area contributed by atoms with Crippen LogP contribution in [0.15, 0.2) is 91.5 Å². The van der Waals surface area contributed by atoms with Gasteiger partial charge in [-0.05, 0) is 42.5 Å². The van der Waals surface area contributed by atoms with E-state index in [4.69, 9.17) is 11.6 Å². The number of benzene rings is 2. The zero-order chi connectivity index (χ0) is 27.4. The first-order chi connectivity index (χ1) is 18.9. The Labute approximate surface area is 227 Å². The molecule has 0 aliphatic rings. The van der Waals surface area contributed by atoms with Crippen molar-refractivity contribution in [1.82, 2.24) is 29.6 Å². The van der Waals surface area contributed by atoms with E-state index in [9.17, 15) is 14.0 Å². The number of nitrogens with one attached hydrogen (secondary N) is 1. The summed E-state index contributed by atoms with van der Waals surface area (Å²) in [5.74, 6) is -1.37. The highest BCUT2D eigenvalue weighted by molar-refractivity contribution is 6.34. The molecule has 39 heavy (non-hydrogen) atoms. The molecule has 0 bridgehead atoms. The molecule has 11 heteroatoms. The number of rotatable bonds is 7. The first kappa shape index (κ1) is 25.7. The maximum absolute atomic E-state index is 14.7. The van der Waals surface area contributed by atoms with Gasteiger partial charge in [-0.2, -0.15) is 5.10 Å². The molecule has 0 aliphatic heterocycles. The molecule has 194 valence electrons. The molecule has 3 heterocycles. The van der Waals surface area contributed by atoms with Crippen LogP contribution >= 0.6 is 11.6 Å².